The van der Waals surface area contributed by atoms with Crippen molar-refractivity contribution in [2.24, 2.45) is 0 Å². The van der Waals surface area contributed by atoms with Crippen molar-refractivity contribution in [3.8, 4) is 11.5 Å². The number of amides is 1. The number of hydrogen-bond donors (Lipinski definition) is 1. The number of aromatic nitrogens is 4. The average Bonchev–Trinajstić information content (AvgIpc) is 3.53. The predicted molar refractivity (Wildman–Crippen MR) is 118 cm³/mol. The summed E-state index contributed by atoms with van der Waals surface area (Å²) in [6, 6.07) is 9.05. The fraction of sp³-hybridized carbons (Fsp3) is 0.292. The van der Waals surface area contributed by atoms with Crippen LogP contribution in [0.4, 0.5) is 8.78 Å². The first-order chi connectivity index (χ1) is 16.0. The molecule has 1 atom stereocenters. The van der Waals surface area contributed by atoms with Crippen LogP contribution in [0.15, 0.2) is 48.8 Å². The molecule has 9 heteroatoms. The normalized spacial score (nSPS) is 15.9. The number of benzene rings is 1. The molecule has 0 radical (unpaired) electrons. The third-order valence-corrected chi connectivity index (χ3v) is 5.84. The maximum Gasteiger partial charge on any atom is 0.272 e. The second-order valence-corrected chi connectivity index (χ2v) is 8.12. The maximum atomic E-state index is 14.1. The second kappa shape index (κ2) is 8.74. The van der Waals surface area contributed by atoms with Gasteiger partial charge in [-0.15, -0.1) is 0 Å². The fourth-order valence-electron chi connectivity index (χ4n) is 4.09. The Morgan fingerprint density at radius 3 is 2.91 bits per heavy atom. The van der Waals surface area contributed by atoms with Gasteiger partial charge in [-0.05, 0) is 38.0 Å². The summed E-state index contributed by atoms with van der Waals surface area (Å²) in [5, 5.41) is 2.92. The molecule has 1 aromatic carbocycles. The van der Waals surface area contributed by atoms with Crippen molar-refractivity contribution >= 4 is 11.4 Å². The molecule has 1 unspecified atom stereocenters. The molecule has 0 spiro atoms. The number of ether oxygens (including phenoxy) is 1. The lowest BCUT2D eigenvalue weighted by Gasteiger charge is -2.09. The summed E-state index contributed by atoms with van der Waals surface area (Å²) in [6.45, 7) is 3.16. The number of nitrogens with zero attached hydrogens (tertiary/aromatic N) is 4. The maximum absolute atomic E-state index is 14.1. The molecule has 1 N–H and O–H groups in total. The summed E-state index contributed by atoms with van der Waals surface area (Å²) in [5.74, 6) is -0.348. The zero-order valence-electron chi connectivity index (χ0n) is 18.1. The molecule has 170 valence electrons. The zero-order valence-corrected chi connectivity index (χ0v) is 18.1. The van der Waals surface area contributed by atoms with E-state index in [0.717, 1.165) is 25.5 Å². The van der Waals surface area contributed by atoms with E-state index in [-0.39, 0.29) is 18.6 Å². The lowest BCUT2D eigenvalue weighted by molar-refractivity contribution is 0.0855. The Bertz CT molecular complexity index is 1320. The molecule has 1 aliphatic rings. The lowest BCUT2D eigenvalue weighted by atomic mass is 10.2. The Labute approximate surface area is 189 Å². The highest BCUT2D eigenvalue weighted by Crippen LogP contribution is 2.24. The van der Waals surface area contributed by atoms with Crippen molar-refractivity contribution < 1.29 is 18.3 Å². The topological polar surface area (TPSA) is 73.4 Å². The first-order valence-corrected chi connectivity index (χ1v) is 10.8. The van der Waals surface area contributed by atoms with E-state index in [4.69, 9.17) is 4.74 Å². The van der Waals surface area contributed by atoms with Gasteiger partial charge in [0.2, 0.25) is 0 Å². The molecule has 1 amide bonds. The third-order valence-electron chi connectivity index (χ3n) is 5.84. The molecule has 7 nitrogen and oxygen atoms in total. The molecule has 3 aromatic heterocycles. The van der Waals surface area contributed by atoms with E-state index in [0.29, 0.717) is 40.7 Å². The molecule has 33 heavy (non-hydrogen) atoms. The summed E-state index contributed by atoms with van der Waals surface area (Å²) in [5.41, 5.74) is 1.87. The van der Waals surface area contributed by atoms with Gasteiger partial charge in [-0.1, -0.05) is 12.1 Å². The van der Waals surface area contributed by atoms with E-state index in [1.807, 2.05) is 28.8 Å². The van der Waals surface area contributed by atoms with Gasteiger partial charge in [0.05, 0.1) is 18.2 Å². The quantitative estimate of drug-likeness (QED) is 0.485. The lowest BCUT2D eigenvalue weighted by Crippen LogP contribution is -2.32. The van der Waals surface area contributed by atoms with Crippen LogP contribution >= 0.6 is 0 Å². The predicted octanol–water partition coefficient (Wildman–Crippen LogP) is 3.74. The number of pyridine rings is 1. The van der Waals surface area contributed by atoms with E-state index in [2.05, 4.69) is 15.3 Å². The summed E-state index contributed by atoms with van der Waals surface area (Å²) in [7, 11) is 0. The van der Waals surface area contributed by atoms with Crippen LogP contribution in [0, 0.1) is 18.6 Å². The first kappa shape index (κ1) is 21.3. The van der Waals surface area contributed by atoms with Gasteiger partial charge < -0.3 is 14.6 Å². The largest absolute Gasteiger partial charge is 0.376 e. The molecule has 0 aliphatic carbocycles. The van der Waals surface area contributed by atoms with E-state index in [9.17, 15) is 13.6 Å². The highest BCUT2D eigenvalue weighted by Gasteiger charge is 2.22. The number of imidazole rings is 2. The van der Waals surface area contributed by atoms with Gasteiger partial charge in [-0.3, -0.25) is 9.20 Å². The second-order valence-electron chi connectivity index (χ2n) is 8.12. The van der Waals surface area contributed by atoms with Gasteiger partial charge in [0.15, 0.2) is 11.5 Å². The summed E-state index contributed by atoms with van der Waals surface area (Å²) < 4.78 is 36.5. The van der Waals surface area contributed by atoms with Crippen molar-refractivity contribution in [3.05, 3.63) is 77.5 Å². The number of carbonyl (C=O) groups is 1. The van der Waals surface area contributed by atoms with Crippen molar-refractivity contribution in [1.29, 1.82) is 0 Å². The van der Waals surface area contributed by atoms with Gasteiger partial charge in [-0.2, -0.15) is 0 Å². The molecular formula is C24H23F2N5O2. The molecule has 1 saturated heterocycles. The Kier molecular flexibility index (Phi) is 5.63. The van der Waals surface area contributed by atoms with Gasteiger partial charge >= 0.3 is 0 Å². The number of halogens is 2. The van der Waals surface area contributed by atoms with Crippen molar-refractivity contribution in [3.63, 3.8) is 0 Å². The standard InChI is InChI=1S/C24H23F2N5O2/c1-15-28-20(14-30(15)13-16-7-8-17(25)11-19(16)26)23-29-22(21-6-2-3-9-31(21)23)24(32)27-12-18-5-4-10-33-18/h2-3,6-9,11,14,18H,4-5,10,12-13H2,1H3,(H,27,32). The number of rotatable bonds is 6. The Morgan fingerprint density at radius 1 is 1.24 bits per heavy atom. The van der Waals surface area contributed by atoms with Crippen LogP contribution in [0.1, 0.15) is 34.7 Å². The van der Waals surface area contributed by atoms with E-state index >= 15 is 0 Å². The summed E-state index contributed by atoms with van der Waals surface area (Å²) >= 11 is 0. The molecule has 4 aromatic rings. The van der Waals surface area contributed by atoms with Crippen LogP contribution in [0.3, 0.4) is 0 Å². The van der Waals surface area contributed by atoms with Crippen molar-refractivity contribution in [2.45, 2.75) is 32.4 Å². The minimum atomic E-state index is -0.617. The number of hydrogen-bond acceptors (Lipinski definition) is 4. The Hall–Kier alpha value is -3.59. The Balaban J connectivity index is 1.45. The Morgan fingerprint density at radius 2 is 2.12 bits per heavy atom. The van der Waals surface area contributed by atoms with E-state index < -0.39 is 11.6 Å². The molecule has 0 bridgehead atoms. The van der Waals surface area contributed by atoms with Crippen LogP contribution in [-0.4, -0.2) is 44.1 Å². The van der Waals surface area contributed by atoms with Gasteiger partial charge in [0.25, 0.3) is 5.91 Å². The average molecular weight is 451 g/mol. The van der Waals surface area contributed by atoms with E-state index in [1.165, 1.54) is 12.1 Å². The van der Waals surface area contributed by atoms with Crippen LogP contribution in [0.5, 0.6) is 0 Å². The third kappa shape index (κ3) is 4.23. The van der Waals surface area contributed by atoms with Crippen molar-refractivity contribution in [1.82, 2.24) is 24.3 Å². The highest BCUT2D eigenvalue weighted by atomic mass is 19.1. The SMILES string of the molecule is Cc1nc(-c2nc(C(=O)NCC3CCCO3)c3ccccn23)cn1Cc1ccc(F)cc1F. The molecule has 1 aliphatic heterocycles. The number of fused-ring (bicyclic) bond motifs is 1. The zero-order chi connectivity index (χ0) is 22.9. The molecular weight excluding hydrogens is 428 g/mol. The summed E-state index contributed by atoms with van der Waals surface area (Å²) in [6.07, 6.45) is 5.55. The minimum absolute atomic E-state index is 0.0347. The monoisotopic (exact) mass is 451 g/mol. The number of nitrogens with one attached hydrogen (secondary N) is 1. The highest BCUT2D eigenvalue weighted by molar-refractivity contribution is 6.00. The minimum Gasteiger partial charge on any atom is -0.376 e. The van der Waals surface area contributed by atoms with Crippen molar-refractivity contribution in [2.75, 3.05) is 13.2 Å². The van der Waals surface area contributed by atoms with Gasteiger partial charge in [0.1, 0.15) is 23.2 Å². The van der Waals surface area contributed by atoms with Crippen LogP contribution in [-0.2, 0) is 11.3 Å². The van der Waals surface area contributed by atoms with Crippen LogP contribution in [0.25, 0.3) is 17.0 Å². The van der Waals surface area contributed by atoms with Crippen LogP contribution < -0.4 is 5.32 Å². The fourth-order valence-corrected chi connectivity index (χ4v) is 4.09. The number of carbonyl (C=O) groups excluding carboxylic acids is 1. The summed E-state index contributed by atoms with van der Waals surface area (Å²) in [4.78, 5) is 22.1. The van der Waals surface area contributed by atoms with Gasteiger partial charge in [0, 0.05) is 37.2 Å². The van der Waals surface area contributed by atoms with Gasteiger partial charge in [-0.25, -0.2) is 18.7 Å². The molecule has 5 rings (SSSR count). The van der Waals surface area contributed by atoms with E-state index in [1.54, 1.807) is 17.7 Å². The first-order valence-electron chi connectivity index (χ1n) is 10.8. The molecule has 0 saturated carbocycles. The smallest absolute Gasteiger partial charge is 0.272 e. The van der Waals surface area contributed by atoms with Crippen LogP contribution in [0.2, 0.25) is 0 Å². The number of aryl methyl sites for hydroxylation is 1. The molecule has 4 heterocycles. The molecule has 1 fully saturated rings.